The van der Waals surface area contributed by atoms with Gasteiger partial charge in [-0.05, 0) is 54.4 Å². The minimum Gasteiger partial charge on any atom is -0.508 e. The van der Waals surface area contributed by atoms with E-state index in [4.69, 9.17) is 0 Å². The number of benzene rings is 2. The zero-order valence-corrected chi connectivity index (χ0v) is 13.8. The Morgan fingerprint density at radius 1 is 1.04 bits per heavy atom. The monoisotopic (exact) mass is 330 g/mol. The molecule has 0 bridgehead atoms. The average molecular weight is 330 g/mol. The molecule has 5 heteroatoms. The fraction of sp³-hybridized carbons (Fsp3) is 0.368. The third-order valence-corrected chi connectivity index (χ3v) is 4.61. The predicted octanol–water partition coefficient (Wildman–Crippen LogP) is 2.70. The summed E-state index contributed by atoms with van der Waals surface area (Å²) in [6.07, 6.45) is -0.606. The minimum absolute atomic E-state index is 0.272. The van der Waals surface area contributed by atoms with Crippen LogP contribution in [0.1, 0.15) is 17.2 Å². The van der Waals surface area contributed by atoms with Gasteiger partial charge < -0.3 is 15.1 Å². The van der Waals surface area contributed by atoms with Gasteiger partial charge >= 0.3 is 0 Å². The summed E-state index contributed by atoms with van der Waals surface area (Å²) in [5.41, 5.74) is 2.67. The molecule has 4 nitrogen and oxygen atoms in total. The summed E-state index contributed by atoms with van der Waals surface area (Å²) < 4.78 is 13.2. The number of phenols is 1. The van der Waals surface area contributed by atoms with Gasteiger partial charge in [0, 0.05) is 38.4 Å². The Bertz CT molecular complexity index is 682. The van der Waals surface area contributed by atoms with Crippen LogP contribution in [0.3, 0.4) is 0 Å². The summed E-state index contributed by atoms with van der Waals surface area (Å²) >= 11 is 0. The van der Waals surface area contributed by atoms with Crippen molar-refractivity contribution in [2.24, 2.45) is 0 Å². The number of piperazine rings is 1. The van der Waals surface area contributed by atoms with E-state index in [0.29, 0.717) is 6.54 Å². The van der Waals surface area contributed by atoms with E-state index in [1.54, 1.807) is 18.2 Å². The van der Waals surface area contributed by atoms with Crippen LogP contribution in [0.2, 0.25) is 0 Å². The van der Waals surface area contributed by atoms with Gasteiger partial charge in [-0.25, -0.2) is 4.39 Å². The van der Waals surface area contributed by atoms with Crippen molar-refractivity contribution in [1.29, 1.82) is 0 Å². The SMILES string of the molecule is Cc1cc(F)ccc1C(O)CN1CCN(c2ccc(O)cc2)CC1. The Balaban J connectivity index is 1.56. The molecule has 0 aromatic heterocycles. The van der Waals surface area contributed by atoms with E-state index in [2.05, 4.69) is 9.80 Å². The second-order valence-electron chi connectivity index (χ2n) is 6.32. The molecule has 1 heterocycles. The summed E-state index contributed by atoms with van der Waals surface area (Å²) in [7, 11) is 0. The predicted molar refractivity (Wildman–Crippen MR) is 92.9 cm³/mol. The maximum Gasteiger partial charge on any atom is 0.123 e. The first-order chi connectivity index (χ1) is 11.5. The first-order valence-electron chi connectivity index (χ1n) is 8.23. The lowest BCUT2D eigenvalue weighted by Gasteiger charge is -2.37. The van der Waals surface area contributed by atoms with Gasteiger partial charge in [0.1, 0.15) is 11.6 Å². The average Bonchev–Trinajstić information content (AvgIpc) is 2.56. The van der Waals surface area contributed by atoms with Crippen molar-refractivity contribution in [3.05, 3.63) is 59.4 Å². The number of hydrogen-bond donors (Lipinski definition) is 2. The Hall–Kier alpha value is -2.11. The van der Waals surface area contributed by atoms with Crippen molar-refractivity contribution in [2.75, 3.05) is 37.6 Å². The number of rotatable bonds is 4. The van der Waals surface area contributed by atoms with Gasteiger partial charge in [0.25, 0.3) is 0 Å². The van der Waals surface area contributed by atoms with Crippen molar-refractivity contribution >= 4 is 5.69 Å². The van der Waals surface area contributed by atoms with E-state index in [0.717, 1.165) is 43.0 Å². The zero-order chi connectivity index (χ0) is 17.1. The quantitative estimate of drug-likeness (QED) is 0.905. The van der Waals surface area contributed by atoms with E-state index in [1.165, 1.54) is 12.1 Å². The molecule has 0 spiro atoms. The number of phenolic OH excluding ortho intramolecular Hbond substituents is 1. The highest BCUT2D eigenvalue weighted by Crippen LogP contribution is 2.22. The van der Waals surface area contributed by atoms with E-state index in [-0.39, 0.29) is 11.6 Å². The van der Waals surface area contributed by atoms with Gasteiger partial charge in [-0.2, -0.15) is 0 Å². The molecule has 1 unspecified atom stereocenters. The molecule has 1 atom stereocenters. The van der Waals surface area contributed by atoms with Gasteiger partial charge in [-0.1, -0.05) is 6.07 Å². The summed E-state index contributed by atoms with van der Waals surface area (Å²) in [5, 5.41) is 19.8. The van der Waals surface area contributed by atoms with E-state index < -0.39 is 6.10 Å². The maximum absolute atomic E-state index is 13.2. The summed E-state index contributed by atoms with van der Waals surface area (Å²) in [5.74, 6) is 0.00105. The normalized spacial score (nSPS) is 17.0. The lowest BCUT2D eigenvalue weighted by Crippen LogP contribution is -2.47. The van der Waals surface area contributed by atoms with Gasteiger partial charge in [0.15, 0.2) is 0 Å². The minimum atomic E-state index is -0.606. The number of aromatic hydroxyl groups is 1. The van der Waals surface area contributed by atoms with Crippen LogP contribution in [-0.4, -0.2) is 47.8 Å². The smallest absolute Gasteiger partial charge is 0.123 e. The van der Waals surface area contributed by atoms with Crippen molar-refractivity contribution < 1.29 is 14.6 Å². The molecule has 0 saturated carbocycles. The maximum atomic E-state index is 13.2. The number of hydrogen-bond acceptors (Lipinski definition) is 4. The van der Waals surface area contributed by atoms with Gasteiger partial charge in [-0.15, -0.1) is 0 Å². The lowest BCUT2D eigenvalue weighted by atomic mass is 10.0. The number of nitrogens with zero attached hydrogens (tertiary/aromatic N) is 2. The molecule has 1 fully saturated rings. The van der Waals surface area contributed by atoms with Gasteiger partial charge in [0.2, 0.25) is 0 Å². The number of aliphatic hydroxyl groups is 1. The second kappa shape index (κ2) is 7.20. The van der Waals surface area contributed by atoms with Crippen LogP contribution in [0, 0.1) is 12.7 Å². The highest BCUT2D eigenvalue weighted by Gasteiger charge is 2.21. The fourth-order valence-electron chi connectivity index (χ4n) is 3.21. The zero-order valence-electron chi connectivity index (χ0n) is 13.8. The number of halogens is 1. The van der Waals surface area contributed by atoms with Gasteiger partial charge in [-0.3, -0.25) is 4.90 Å². The fourth-order valence-corrected chi connectivity index (χ4v) is 3.21. The van der Waals surface area contributed by atoms with E-state index >= 15 is 0 Å². The standard InChI is InChI=1S/C19H23FN2O2/c1-14-12-15(20)2-7-18(14)19(24)13-21-8-10-22(11-9-21)16-3-5-17(23)6-4-16/h2-7,12,19,23-24H,8-11,13H2,1H3. The van der Waals surface area contributed by atoms with Crippen LogP contribution in [-0.2, 0) is 0 Å². The van der Waals surface area contributed by atoms with Crippen molar-refractivity contribution in [3.63, 3.8) is 0 Å². The number of aliphatic hydroxyl groups excluding tert-OH is 1. The highest BCUT2D eigenvalue weighted by atomic mass is 19.1. The van der Waals surface area contributed by atoms with Crippen molar-refractivity contribution in [1.82, 2.24) is 4.90 Å². The Kier molecular flexibility index (Phi) is 5.02. The van der Waals surface area contributed by atoms with E-state index in [1.807, 2.05) is 19.1 Å². The molecule has 128 valence electrons. The lowest BCUT2D eigenvalue weighted by molar-refractivity contribution is 0.109. The molecule has 0 aliphatic carbocycles. The first-order valence-corrected chi connectivity index (χ1v) is 8.23. The molecule has 2 N–H and O–H groups in total. The molecule has 1 aliphatic rings. The molecule has 24 heavy (non-hydrogen) atoms. The van der Waals surface area contributed by atoms with Crippen LogP contribution in [0.4, 0.5) is 10.1 Å². The Labute approximate surface area is 141 Å². The molecular weight excluding hydrogens is 307 g/mol. The van der Waals surface area contributed by atoms with Crippen LogP contribution >= 0.6 is 0 Å². The molecule has 3 rings (SSSR count). The summed E-state index contributed by atoms with van der Waals surface area (Å²) in [6.45, 7) is 5.84. The molecule has 0 radical (unpaired) electrons. The molecular formula is C19H23FN2O2. The first kappa shape index (κ1) is 16.7. The van der Waals surface area contributed by atoms with Crippen molar-refractivity contribution in [3.8, 4) is 5.75 Å². The number of anilines is 1. The molecule has 2 aromatic rings. The highest BCUT2D eigenvalue weighted by molar-refractivity contribution is 5.49. The summed E-state index contributed by atoms with van der Waals surface area (Å²) in [4.78, 5) is 4.50. The molecule has 0 amide bonds. The topological polar surface area (TPSA) is 46.9 Å². The van der Waals surface area contributed by atoms with Crippen LogP contribution in [0.5, 0.6) is 5.75 Å². The molecule has 2 aromatic carbocycles. The van der Waals surface area contributed by atoms with Crippen LogP contribution in [0.15, 0.2) is 42.5 Å². The molecule has 1 aliphatic heterocycles. The largest absolute Gasteiger partial charge is 0.508 e. The van der Waals surface area contributed by atoms with Crippen LogP contribution in [0.25, 0.3) is 0 Å². The van der Waals surface area contributed by atoms with Crippen LogP contribution < -0.4 is 4.90 Å². The third-order valence-electron chi connectivity index (χ3n) is 4.61. The number of aryl methyl sites for hydroxylation is 1. The second-order valence-corrected chi connectivity index (χ2v) is 6.32. The Morgan fingerprint density at radius 3 is 2.33 bits per heavy atom. The summed E-state index contributed by atoms with van der Waals surface area (Å²) in [6, 6.07) is 11.8. The van der Waals surface area contributed by atoms with Gasteiger partial charge in [0.05, 0.1) is 6.10 Å². The molecule has 1 saturated heterocycles. The van der Waals surface area contributed by atoms with Crippen molar-refractivity contribution in [2.45, 2.75) is 13.0 Å². The third kappa shape index (κ3) is 3.86. The van der Waals surface area contributed by atoms with E-state index in [9.17, 15) is 14.6 Å². The Morgan fingerprint density at radius 2 is 1.71 bits per heavy atom. The number of β-amino-alcohol motifs (C(OH)–C–C–N with tert-alkyl or cyclic N) is 1.